The Labute approximate surface area is 182 Å². The first-order valence-corrected chi connectivity index (χ1v) is 11.7. The van der Waals surface area contributed by atoms with E-state index in [1.54, 1.807) is 23.6 Å². The fraction of sp³-hybridized carbons (Fsp3) is 0.200. The van der Waals surface area contributed by atoms with Crippen LogP contribution in [0.25, 0.3) is 0 Å². The first kappa shape index (κ1) is 21.1. The number of fused-ring (bicyclic) bond motifs is 1. The fourth-order valence-corrected chi connectivity index (χ4v) is 4.84. The van der Waals surface area contributed by atoms with Crippen LogP contribution < -0.4 is 19.5 Å². The molecule has 4 rings (SSSR count). The minimum atomic E-state index is -3.87. The molecule has 2 N–H and O–H groups in total. The Bertz CT molecular complexity index is 1200. The van der Waals surface area contributed by atoms with Crippen molar-refractivity contribution in [2.45, 2.75) is 17.7 Å². The quantitative estimate of drug-likeness (QED) is 0.556. The molecule has 2 heterocycles. The average molecular weight is 464 g/mol. The molecule has 0 spiro atoms. The number of aryl methyl sites for hydroxylation is 1. The van der Waals surface area contributed by atoms with Gasteiger partial charge in [-0.3, -0.25) is 9.52 Å². The molecule has 1 aliphatic rings. The highest BCUT2D eigenvalue weighted by molar-refractivity contribution is 7.93. The van der Waals surface area contributed by atoms with Crippen molar-refractivity contribution in [3.63, 3.8) is 0 Å². The Morgan fingerprint density at radius 3 is 2.61 bits per heavy atom. The van der Waals surface area contributed by atoms with Gasteiger partial charge >= 0.3 is 0 Å². The van der Waals surface area contributed by atoms with Crippen LogP contribution in [0.4, 0.5) is 15.2 Å². The van der Waals surface area contributed by atoms with Gasteiger partial charge in [-0.1, -0.05) is 0 Å². The molecular formula is C20H18FN3O5S2. The Hall–Kier alpha value is -3.18. The van der Waals surface area contributed by atoms with Crippen molar-refractivity contribution in [3.8, 4) is 11.5 Å². The lowest BCUT2D eigenvalue weighted by atomic mass is 10.2. The number of carbonyl (C=O) groups is 1. The first-order chi connectivity index (χ1) is 14.9. The van der Waals surface area contributed by atoms with Gasteiger partial charge in [-0.05, 0) is 42.8 Å². The van der Waals surface area contributed by atoms with E-state index in [1.807, 2.05) is 0 Å². The summed E-state index contributed by atoms with van der Waals surface area (Å²) >= 11 is 1.11. The van der Waals surface area contributed by atoms with Gasteiger partial charge in [0.05, 0.1) is 10.6 Å². The zero-order valence-electron chi connectivity index (χ0n) is 16.1. The Kier molecular flexibility index (Phi) is 6.05. The summed E-state index contributed by atoms with van der Waals surface area (Å²) in [7, 11) is -3.87. The number of aromatic nitrogens is 1. The van der Waals surface area contributed by atoms with Gasteiger partial charge in [-0.15, -0.1) is 11.3 Å². The van der Waals surface area contributed by atoms with Crippen LogP contribution in [0.1, 0.15) is 12.1 Å². The molecule has 8 nitrogen and oxygen atoms in total. The van der Waals surface area contributed by atoms with Gasteiger partial charge in [0.1, 0.15) is 19.0 Å². The summed E-state index contributed by atoms with van der Waals surface area (Å²) in [4.78, 5) is 16.4. The lowest BCUT2D eigenvalue weighted by Crippen LogP contribution is -2.16. The number of anilines is 2. The molecule has 3 aromatic rings. The Balaban J connectivity index is 1.32. The summed E-state index contributed by atoms with van der Waals surface area (Å²) < 4.78 is 51.0. The van der Waals surface area contributed by atoms with Gasteiger partial charge in [-0.2, -0.15) is 0 Å². The maximum atomic E-state index is 13.0. The van der Waals surface area contributed by atoms with Crippen LogP contribution in [0.3, 0.4) is 0 Å². The number of hydrogen-bond acceptors (Lipinski definition) is 7. The molecule has 11 heteroatoms. The number of carbonyl (C=O) groups excluding carboxylic acids is 1. The van der Waals surface area contributed by atoms with Gasteiger partial charge in [0.25, 0.3) is 10.0 Å². The number of benzene rings is 2. The third-order valence-electron chi connectivity index (χ3n) is 4.33. The number of thiazole rings is 1. The average Bonchev–Trinajstić information content (AvgIpc) is 3.19. The molecule has 0 fully saturated rings. The van der Waals surface area contributed by atoms with E-state index in [9.17, 15) is 17.6 Å². The molecule has 0 saturated carbocycles. The molecule has 1 aromatic heterocycles. The number of sulfonamides is 1. The SMILES string of the molecule is O=C(CCc1csc(NS(=O)(=O)c2ccc(F)cc2)n1)Nc1ccc2c(c1)OCCO2. The van der Waals surface area contributed by atoms with Gasteiger partial charge in [0.15, 0.2) is 16.6 Å². The number of hydrogen-bond donors (Lipinski definition) is 2. The van der Waals surface area contributed by atoms with E-state index < -0.39 is 15.8 Å². The highest BCUT2D eigenvalue weighted by atomic mass is 32.2. The number of nitrogens with one attached hydrogen (secondary N) is 2. The summed E-state index contributed by atoms with van der Waals surface area (Å²) in [6.45, 7) is 0.954. The molecule has 1 aliphatic heterocycles. The van der Waals surface area contributed by atoms with Crippen LogP contribution in [0, 0.1) is 5.82 Å². The van der Waals surface area contributed by atoms with E-state index >= 15 is 0 Å². The van der Waals surface area contributed by atoms with Crippen molar-refractivity contribution < 1.29 is 27.1 Å². The molecule has 0 unspecified atom stereocenters. The van der Waals surface area contributed by atoms with Crippen molar-refractivity contribution >= 4 is 38.1 Å². The Morgan fingerprint density at radius 1 is 1.10 bits per heavy atom. The van der Waals surface area contributed by atoms with Crippen molar-refractivity contribution in [2.24, 2.45) is 0 Å². The van der Waals surface area contributed by atoms with E-state index in [2.05, 4.69) is 15.0 Å². The fourth-order valence-electron chi connectivity index (χ4n) is 2.84. The van der Waals surface area contributed by atoms with Crippen molar-refractivity contribution in [1.29, 1.82) is 0 Å². The second-order valence-corrected chi connectivity index (χ2v) is 9.15. The van der Waals surface area contributed by atoms with Crippen molar-refractivity contribution in [2.75, 3.05) is 23.3 Å². The minimum Gasteiger partial charge on any atom is -0.486 e. The molecule has 2 aromatic carbocycles. The van der Waals surface area contributed by atoms with Crippen LogP contribution >= 0.6 is 11.3 Å². The van der Waals surface area contributed by atoms with Crippen molar-refractivity contribution in [3.05, 3.63) is 59.4 Å². The lowest BCUT2D eigenvalue weighted by Gasteiger charge is -2.19. The lowest BCUT2D eigenvalue weighted by molar-refractivity contribution is -0.116. The topological polar surface area (TPSA) is 107 Å². The van der Waals surface area contributed by atoms with Crippen LogP contribution in [0.2, 0.25) is 0 Å². The van der Waals surface area contributed by atoms with Gasteiger partial charge < -0.3 is 14.8 Å². The predicted molar refractivity (Wildman–Crippen MR) is 114 cm³/mol. The van der Waals surface area contributed by atoms with E-state index in [1.165, 1.54) is 12.1 Å². The predicted octanol–water partition coefficient (Wildman–Crippen LogP) is 3.43. The van der Waals surface area contributed by atoms with Crippen LogP contribution in [0.15, 0.2) is 52.7 Å². The zero-order chi connectivity index (χ0) is 21.8. The minimum absolute atomic E-state index is 0.0653. The third-order valence-corrected chi connectivity index (χ3v) is 6.62. The number of rotatable bonds is 7. The van der Waals surface area contributed by atoms with Crippen LogP contribution in [0.5, 0.6) is 11.5 Å². The molecule has 1 amide bonds. The molecule has 162 valence electrons. The van der Waals surface area contributed by atoms with Gasteiger partial charge in [-0.25, -0.2) is 17.8 Å². The normalized spacial score (nSPS) is 12.9. The molecule has 0 radical (unpaired) electrons. The largest absolute Gasteiger partial charge is 0.486 e. The maximum absolute atomic E-state index is 13.0. The summed E-state index contributed by atoms with van der Waals surface area (Å²) in [5.41, 5.74) is 1.18. The summed E-state index contributed by atoms with van der Waals surface area (Å²) in [5, 5.41) is 4.65. The van der Waals surface area contributed by atoms with Gasteiger partial charge in [0.2, 0.25) is 5.91 Å². The highest BCUT2D eigenvalue weighted by Gasteiger charge is 2.17. The molecular weight excluding hydrogens is 445 g/mol. The maximum Gasteiger partial charge on any atom is 0.263 e. The van der Waals surface area contributed by atoms with E-state index in [0.717, 1.165) is 23.5 Å². The second-order valence-electron chi connectivity index (χ2n) is 6.61. The van der Waals surface area contributed by atoms with Crippen LogP contribution in [-0.2, 0) is 21.2 Å². The molecule has 0 atom stereocenters. The monoisotopic (exact) mass is 463 g/mol. The van der Waals surface area contributed by atoms with E-state index in [-0.39, 0.29) is 22.4 Å². The molecule has 0 aliphatic carbocycles. The van der Waals surface area contributed by atoms with Gasteiger partial charge in [0, 0.05) is 23.6 Å². The Morgan fingerprint density at radius 2 is 1.84 bits per heavy atom. The molecule has 31 heavy (non-hydrogen) atoms. The number of amides is 1. The summed E-state index contributed by atoms with van der Waals surface area (Å²) in [6.07, 6.45) is 0.507. The highest BCUT2D eigenvalue weighted by Crippen LogP contribution is 2.32. The zero-order valence-corrected chi connectivity index (χ0v) is 17.8. The molecule has 0 bridgehead atoms. The van der Waals surface area contributed by atoms with E-state index in [0.29, 0.717) is 42.5 Å². The third kappa shape index (κ3) is 5.30. The number of ether oxygens (including phenoxy) is 2. The van der Waals surface area contributed by atoms with E-state index in [4.69, 9.17) is 9.47 Å². The summed E-state index contributed by atoms with van der Waals surface area (Å²) in [5.74, 6) is 0.493. The van der Waals surface area contributed by atoms with Crippen molar-refractivity contribution in [1.82, 2.24) is 4.98 Å². The summed E-state index contributed by atoms with van der Waals surface area (Å²) in [6, 6.07) is 9.67. The second kappa shape index (κ2) is 8.90. The smallest absolute Gasteiger partial charge is 0.263 e. The first-order valence-electron chi connectivity index (χ1n) is 9.31. The standard InChI is InChI=1S/C20H18FN3O5S2/c21-13-1-5-16(6-2-13)31(26,27)24-20-23-15(12-30-20)4-8-19(25)22-14-3-7-17-18(11-14)29-10-9-28-17/h1-3,5-7,11-12H,4,8-10H2,(H,22,25)(H,23,24). The number of nitrogens with zero attached hydrogens (tertiary/aromatic N) is 1. The van der Waals surface area contributed by atoms with Crippen LogP contribution in [-0.4, -0.2) is 32.5 Å². The number of halogens is 1. The molecule has 0 saturated heterocycles.